The summed E-state index contributed by atoms with van der Waals surface area (Å²) < 4.78 is 97.1. The number of carbonyl (C=O) groups is 4. The summed E-state index contributed by atoms with van der Waals surface area (Å²) in [6.45, 7) is 9.36. The average Bonchev–Trinajstić information content (AvgIpc) is 4.16. The fraction of sp³-hybridized carbons (Fsp3) is 0.562. The van der Waals surface area contributed by atoms with E-state index in [9.17, 15) is 36.0 Å². The number of nitrogens with one attached hydrogen (secondary N) is 3. The minimum Gasteiger partial charge on any atom is -0.497 e. The summed E-state index contributed by atoms with van der Waals surface area (Å²) in [7, 11) is -1.10. The summed E-state index contributed by atoms with van der Waals surface area (Å²) in [5.41, 5.74) is -0.666. The number of alkyl halides is 3. The van der Waals surface area contributed by atoms with Crippen molar-refractivity contribution in [3.8, 4) is 34.4 Å². The number of nitrogens with zero attached hydrogens (tertiary/aromatic N) is 2. The maximum atomic E-state index is 15.0. The molecule has 4 amide bonds. The van der Waals surface area contributed by atoms with E-state index in [1.807, 2.05) is 39.0 Å². The quantitative estimate of drug-likeness (QED) is 0.158. The molecule has 8 atom stereocenters. The Bertz CT molecular complexity index is 2550. The number of alkyl carbamates (subject to hydrolysis) is 1. The normalized spacial score (nSPS) is 27.0. The van der Waals surface area contributed by atoms with Crippen molar-refractivity contribution in [2.24, 2.45) is 17.8 Å². The van der Waals surface area contributed by atoms with Crippen LogP contribution < -0.4 is 34.3 Å². The number of pyridine rings is 1. The van der Waals surface area contributed by atoms with Gasteiger partial charge in [0.25, 0.3) is 5.91 Å². The Hall–Kier alpha value is -5.79. The Morgan fingerprint density at radius 1 is 0.971 bits per heavy atom. The molecule has 1 saturated heterocycles. The van der Waals surface area contributed by atoms with Gasteiger partial charge in [-0.05, 0) is 121 Å². The van der Waals surface area contributed by atoms with Crippen molar-refractivity contribution < 1.29 is 64.5 Å². The molecule has 16 nitrogen and oxygen atoms in total. The average molecular weight is 972 g/mol. The Morgan fingerprint density at radius 3 is 2.29 bits per heavy atom. The third-order valence-electron chi connectivity index (χ3n) is 13.4. The lowest BCUT2D eigenvalue weighted by Crippen LogP contribution is -2.59. The van der Waals surface area contributed by atoms with E-state index < -0.39 is 86.4 Å². The Morgan fingerprint density at radius 2 is 1.66 bits per heavy atom. The van der Waals surface area contributed by atoms with E-state index >= 15 is 4.79 Å². The van der Waals surface area contributed by atoms with Gasteiger partial charge in [0.2, 0.25) is 27.7 Å². The highest BCUT2D eigenvalue weighted by Crippen LogP contribution is 2.48. The summed E-state index contributed by atoms with van der Waals surface area (Å²) in [6.07, 6.45) is -4.18. The maximum absolute atomic E-state index is 15.0. The zero-order valence-corrected chi connectivity index (χ0v) is 40.2. The van der Waals surface area contributed by atoms with Crippen LogP contribution in [0.1, 0.15) is 86.5 Å². The van der Waals surface area contributed by atoms with Crippen LogP contribution in [0.15, 0.2) is 54.6 Å². The lowest BCUT2D eigenvalue weighted by atomic mass is 9.88. The van der Waals surface area contributed by atoms with E-state index in [2.05, 4.69) is 20.1 Å². The van der Waals surface area contributed by atoms with Crippen LogP contribution in [0.3, 0.4) is 0 Å². The Balaban J connectivity index is 1.28. The van der Waals surface area contributed by atoms with E-state index in [0.29, 0.717) is 78.3 Å². The fourth-order valence-corrected chi connectivity index (χ4v) is 10.3. The van der Waals surface area contributed by atoms with Gasteiger partial charge < -0.3 is 39.2 Å². The summed E-state index contributed by atoms with van der Waals surface area (Å²) in [5, 5.41) is 6.26. The van der Waals surface area contributed by atoms with E-state index in [-0.39, 0.29) is 37.3 Å². The van der Waals surface area contributed by atoms with E-state index in [0.717, 1.165) is 0 Å². The summed E-state index contributed by atoms with van der Waals surface area (Å²) in [6, 6.07) is 9.53. The number of rotatable bonds is 12. The third-order valence-corrected chi connectivity index (χ3v) is 15.5. The van der Waals surface area contributed by atoms with Crippen molar-refractivity contribution in [1.82, 2.24) is 25.2 Å². The van der Waals surface area contributed by atoms with Crippen molar-refractivity contribution in [3.05, 3.63) is 54.6 Å². The van der Waals surface area contributed by atoms with Crippen LogP contribution in [0.25, 0.3) is 22.0 Å². The number of halogens is 3. The van der Waals surface area contributed by atoms with Crippen molar-refractivity contribution in [3.63, 3.8) is 0 Å². The number of benzene rings is 2. The minimum absolute atomic E-state index is 0.0647. The predicted molar refractivity (Wildman–Crippen MR) is 245 cm³/mol. The van der Waals surface area contributed by atoms with Gasteiger partial charge in [0.05, 0.1) is 31.6 Å². The van der Waals surface area contributed by atoms with Crippen LogP contribution in [0.2, 0.25) is 0 Å². The largest absolute Gasteiger partial charge is 0.497 e. The molecular formula is C48H60F3N5O11S. The number of aromatic nitrogens is 1. The summed E-state index contributed by atoms with van der Waals surface area (Å²) in [4.78, 5) is 63.2. The van der Waals surface area contributed by atoms with E-state index in [1.165, 1.54) is 26.0 Å². The zero-order valence-electron chi connectivity index (χ0n) is 39.4. The van der Waals surface area contributed by atoms with Crippen LogP contribution >= 0.6 is 0 Å². The number of amides is 4. The maximum Gasteiger partial charge on any atom is 0.425 e. The monoisotopic (exact) mass is 971 g/mol. The molecule has 2 saturated carbocycles. The molecular weight excluding hydrogens is 912 g/mol. The lowest BCUT2D eigenvalue weighted by Gasteiger charge is -2.33. The molecule has 0 bridgehead atoms. The molecule has 2 aromatic carbocycles. The van der Waals surface area contributed by atoms with Crippen LogP contribution in [0, 0.1) is 17.8 Å². The second-order valence-electron chi connectivity index (χ2n) is 19.1. The van der Waals surface area contributed by atoms with E-state index in [4.69, 9.17) is 23.9 Å². The molecule has 3 N–H and O–H groups in total. The second-order valence-corrected chi connectivity index (χ2v) is 21.3. The van der Waals surface area contributed by atoms with Crippen LogP contribution in [-0.4, -0.2) is 110 Å². The highest BCUT2D eigenvalue weighted by molar-refractivity contribution is 7.91. The number of allylic oxidation sites excluding steroid dienone is 1. The molecule has 0 radical (unpaired) electrons. The highest BCUT2D eigenvalue weighted by atomic mass is 32.2. The highest BCUT2D eigenvalue weighted by Gasteiger charge is 2.63. The molecule has 0 unspecified atom stereocenters. The van der Waals surface area contributed by atoms with Crippen molar-refractivity contribution >= 4 is 44.6 Å². The molecule has 0 spiro atoms. The van der Waals surface area contributed by atoms with Gasteiger partial charge in [0.15, 0.2) is 11.9 Å². The first-order valence-electron chi connectivity index (χ1n) is 22.9. The lowest BCUT2D eigenvalue weighted by molar-refractivity contribution is -0.197. The zero-order chi connectivity index (χ0) is 49.5. The Labute approximate surface area is 394 Å². The van der Waals surface area contributed by atoms with Gasteiger partial charge in [-0.3, -0.25) is 19.1 Å². The third kappa shape index (κ3) is 10.6. The summed E-state index contributed by atoms with van der Waals surface area (Å²) in [5.74, 6) is -2.22. The van der Waals surface area contributed by atoms with Gasteiger partial charge in [-0.2, -0.15) is 13.2 Å². The number of carbonyl (C=O) groups excluding carboxylic acids is 4. The number of sulfonamides is 1. The van der Waals surface area contributed by atoms with Gasteiger partial charge >= 0.3 is 12.3 Å². The molecule has 4 aliphatic rings. The Kier molecular flexibility index (Phi) is 14.2. The molecule has 3 fully saturated rings. The van der Waals surface area contributed by atoms with Gasteiger partial charge in [0.1, 0.15) is 40.9 Å². The predicted octanol–water partition coefficient (Wildman–Crippen LogP) is 6.99. The first-order valence-corrected chi connectivity index (χ1v) is 24.4. The smallest absolute Gasteiger partial charge is 0.425 e. The minimum atomic E-state index is -4.88. The van der Waals surface area contributed by atoms with Crippen molar-refractivity contribution in [1.29, 1.82) is 0 Å². The number of hydrogen-bond acceptors (Lipinski definition) is 12. The first-order chi connectivity index (χ1) is 32.0. The van der Waals surface area contributed by atoms with Gasteiger partial charge in [-0.1, -0.05) is 26.0 Å². The number of hydrogen-bond donors (Lipinski definition) is 3. The second kappa shape index (κ2) is 19.3. The molecule has 1 aromatic heterocycles. The van der Waals surface area contributed by atoms with Gasteiger partial charge in [-0.25, -0.2) is 18.2 Å². The molecule has 7 rings (SSSR count). The van der Waals surface area contributed by atoms with Gasteiger partial charge in [0, 0.05) is 28.7 Å². The molecule has 3 heterocycles. The molecule has 2 aliphatic carbocycles. The molecule has 3 aromatic rings. The molecule has 20 heteroatoms. The molecule has 2 aliphatic heterocycles. The molecule has 370 valence electrons. The topological polar surface area (TPSA) is 201 Å². The number of methoxy groups -OCH3 is 2. The van der Waals surface area contributed by atoms with Crippen LogP contribution in [0.5, 0.6) is 23.1 Å². The van der Waals surface area contributed by atoms with Crippen molar-refractivity contribution in [2.75, 3.05) is 20.8 Å². The van der Waals surface area contributed by atoms with E-state index in [1.54, 1.807) is 43.3 Å². The first kappa shape index (κ1) is 50.1. The van der Waals surface area contributed by atoms with Gasteiger partial charge in [-0.15, -0.1) is 0 Å². The summed E-state index contributed by atoms with van der Waals surface area (Å²) >= 11 is 0. The van der Waals surface area contributed by atoms with Crippen molar-refractivity contribution in [2.45, 2.75) is 133 Å². The standard InChI is InChI=1S/C48H60F3N5O11S/c1-26(2)65-32-15-13-30(14-16-32)39-40(64-8)36-22-33(63-7)17-18-35(36)42(52-39)67-34-23-37-41(57)54-47(44(59)55-68(61,62)46(6)19-20-46)24-31(47)12-10-9-11-27(3)21-28(4)38(43(58)56(37)25-34)53-45(60)66-29(5)48(49,50)51/h10,12-18,22,26-29,31,34,37-38H,9,11,19-21,23-25H2,1-8H3,(H,53,60)(H,54,57)(H,55,59)/b12-10-/t27-,28-,29-,31-,34-,37+,38+,47-/m1/s1. The number of fused-ring (bicyclic) bond motifs is 3. The van der Waals surface area contributed by atoms with Crippen LogP contribution in [0.4, 0.5) is 18.0 Å². The SMILES string of the molecule is COc1ccc2c(O[C@@H]3C[C@H]4C(=O)N[C@]5(C(=O)NS(=O)(=O)C6(C)CC6)C[C@H]5/C=C\CC[C@@H](C)C[C@@H](C)[C@H](NC(=O)O[C@H](C)C(F)(F)F)C(=O)N4C3)nc(-c3ccc(OC(C)C)cc3)c(OC)c2c1. The number of ether oxygens (including phenoxy) is 5. The fourth-order valence-electron chi connectivity index (χ4n) is 8.96. The van der Waals surface area contributed by atoms with Crippen LogP contribution in [-0.2, 0) is 29.1 Å². The molecule has 68 heavy (non-hydrogen) atoms.